The highest BCUT2D eigenvalue weighted by Gasteiger charge is 2.29. The Morgan fingerprint density at radius 1 is 1.13 bits per heavy atom. The number of aromatic carboxylic acids is 1. The molecule has 0 saturated carbocycles. The number of carbonyl (C=O) groups is 2. The number of halogens is 3. The zero-order chi connectivity index (χ0) is 27.2. The monoisotopic (exact) mass is 635 g/mol. The molecule has 1 aromatic heterocycles. The molecule has 2 heterocycles. The summed E-state index contributed by atoms with van der Waals surface area (Å²) >= 11 is 2.12. The molecule has 1 aliphatic heterocycles. The minimum absolute atomic E-state index is 0.0665. The van der Waals surface area contributed by atoms with Gasteiger partial charge in [-0.15, -0.1) is 0 Å². The molecule has 1 amide bonds. The Hall–Kier alpha value is -3.16. The van der Waals surface area contributed by atoms with Gasteiger partial charge in [0.05, 0.1) is 29.1 Å². The number of rotatable bonds is 9. The number of anilines is 2. The van der Waals surface area contributed by atoms with Crippen LogP contribution < -0.4 is 10.6 Å². The van der Waals surface area contributed by atoms with Gasteiger partial charge in [0.1, 0.15) is 0 Å². The first-order chi connectivity index (χ1) is 18.2. The smallest absolute Gasteiger partial charge is 0.337 e. The first kappa shape index (κ1) is 27.9. The molecule has 4 rings (SSSR count). The number of hydrogen-bond acceptors (Lipinski definition) is 6. The maximum Gasteiger partial charge on any atom is 0.337 e. The molecule has 11 heteroatoms. The molecule has 0 radical (unpaired) electrons. The Morgan fingerprint density at radius 2 is 1.89 bits per heavy atom. The Balaban J connectivity index is 1.67. The summed E-state index contributed by atoms with van der Waals surface area (Å²) in [5.41, 5.74) is 0.0211. The zero-order valence-electron chi connectivity index (χ0n) is 20.8. The normalized spacial score (nSPS) is 13.8. The molecule has 2 aromatic carbocycles. The molecule has 0 atom stereocenters. The van der Waals surface area contributed by atoms with Gasteiger partial charge in [0.15, 0.2) is 11.6 Å². The van der Waals surface area contributed by atoms with Gasteiger partial charge in [0.2, 0.25) is 0 Å². The fourth-order valence-corrected chi connectivity index (χ4v) is 4.93. The number of carbonyl (C=O) groups excluding carboxylic acids is 1. The molecule has 200 valence electrons. The Kier molecular flexibility index (Phi) is 9.23. The number of amides is 1. The Labute approximate surface area is 233 Å². The number of nitrogens with zero attached hydrogens (tertiary/aromatic N) is 3. The molecular weight excluding hydrogens is 607 g/mol. The van der Waals surface area contributed by atoms with Gasteiger partial charge in [-0.25, -0.2) is 13.6 Å². The lowest BCUT2D eigenvalue weighted by Crippen LogP contribution is -2.47. The van der Waals surface area contributed by atoms with Crippen molar-refractivity contribution in [2.45, 2.75) is 13.5 Å². The average molecular weight is 635 g/mol. The van der Waals surface area contributed by atoms with Crippen LogP contribution in [0.2, 0.25) is 0 Å². The van der Waals surface area contributed by atoms with E-state index < -0.39 is 40.3 Å². The number of aromatic nitrogens is 1. The Morgan fingerprint density at radius 3 is 2.55 bits per heavy atom. The number of nitrogens with one attached hydrogen (secondary N) is 2. The number of aryl methyl sites for hydroxylation is 1. The lowest BCUT2D eigenvalue weighted by molar-refractivity contribution is 0.0697. The lowest BCUT2D eigenvalue weighted by atomic mass is 10.0. The first-order valence-electron chi connectivity index (χ1n) is 12.2. The maximum atomic E-state index is 15.4. The van der Waals surface area contributed by atoms with Crippen LogP contribution in [-0.4, -0.2) is 71.0 Å². The van der Waals surface area contributed by atoms with Gasteiger partial charge in [-0.1, -0.05) is 6.07 Å². The summed E-state index contributed by atoms with van der Waals surface area (Å²) in [5.74, 6) is -5.12. The molecule has 0 unspecified atom stereocenters. The summed E-state index contributed by atoms with van der Waals surface area (Å²) < 4.78 is 31.8. The van der Waals surface area contributed by atoms with E-state index >= 15 is 8.78 Å². The van der Waals surface area contributed by atoms with Crippen molar-refractivity contribution in [1.82, 2.24) is 20.1 Å². The van der Waals surface area contributed by atoms with Crippen LogP contribution in [0.25, 0.3) is 0 Å². The minimum Gasteiger partial charge on any atom is -0.478 e. The van der Waals surface area contributed by atoms with Crippen molar-refractivity contribution in [3.63, 3.8) is 0 Å². The summed E-state index contributed by atoms with van der Waals surface area (Å²) in [6.07, 6.45) is 1.59. The molecular formula is C27H28F2IN5O3. The van der Waals surface area contributed by atoms with Crippen LogP contribution in [0.3, 0.4) is 0 Å². The molecule has 0 spiro atoms. The van der Waals surface area contributed by atoms with Crippen molar-refractivity contribution < 1.29 is 23.5 Å². The summed E-state index contributed by atoms with van der Waals surface area (Å²) in [5, 5.41) is 15.8. The highest BCUT2D eigenvalue weighted by atomic mass is 127. The SMILES string of the molecule is Cc1cc(I)ccc1Nc1c(C(=O)O)cc(C(=O)N(CCN2CCNCC2)Cc2ccccn2)c(F)c1F. The van der Waals surface area contributed by atoms with Gasteiger partial charge >= 0.3 is 5.97 Å². The minimum atomic E-state index is -1.49. The van der Waals surface area contributed by atoms with Crippen LogP contribution in [0, 0.1) is 22.1 Å². The van der Waals surface area contributed by atoms with E-state index in [-0.39, 0.29) is 13.1 Å². The topological polar surface area (TPSA) is 97.8 Å². The largest absolute Gasteiger partial charge is 0.478 e. The van der Waals surface area contributed by atoms with Crippen LogP contribution in [-0.2, 0) is 6.54 Å². The standard InChI is InChI=1S/C27H28F2IN5O3/c1-17-14-18(30)5-6-22(17)33-25-21(27(37)38)15-20(23(28)24(25)29)26(36)35(16-19-4-2-3-7-32-19)13-12-34-10-8-31-9-11-34/h2-7,14-15,31,33H,8-13,16H2,1H3,(H,37,38). The molecule has 3 N–H and O–H groups in total. The molecule has 1 saturated heterocycles. The van der Waals surface area contributed by atoms with Crippen molar-refractivity contribution in [1.29, 1.82) is 0 Å². The number of pyridine rings is 1. The second kappa shape index (κ2) is 12.6. The Bertz CT molecular complexity index is 1320. The number of hydrogen-bond donors (Lipinski definition) is 3. The van der Waals surface area contributed by atoms with Crippen molar-refractivity contribution in [3.05, 3.63) is 86.3 Å². The average Bonchev–Trinajstić information content (AvgIpc) is 2.91. The van der Waals surface area contributed by atoms with Gasteiger partial charge in [-0.05, 0) is 71.5 Å². The van der Waals surface area contributed by atoms with E-state index in [2.05, 4.69) is 43.1 Å². The second-order valence-electron chi connectivity index (χ2n) is 9.00. The van der Waals surface area contributed by atoms with E-state index in [0.717, 1.165) is 41.4 Å². The molecule has 38 heavy (non-hydrogen) atoms. The summed E-state index contributed by atoms with van der Waals surface area (Å²) in [6.45, 7) is 5.85. The fraction of sp³-hybridized carbons (Fsp3) is 0.296. The van der Waals surface area contributed by atoms with Crippen LogP contribution in [0.1, 0.15) is 32.0 Å². The van der Waals surface area contributed by atoms with Gasteiger partial charge in [-0.3, -0.25) is 14.7 Å². The summed E-state index contributed by atoms with van der Waals surface area (Å²) in [6, 6.07) is 11.4. The molecule has 8 nitrogen and oxygen atoms in total. The van der Waals surface area contributed by atoms with Gasteiger partial charge in [0, 0.05) is 54.7 Å². The van der Waals surface area contributed by atoms with Gasteiger partial charge < -0.3 is 20.6 Å². The molecule has 1 fully saturated rings. The number of carboxylic acid groups (broad SMARTS) is 1. The molecule has 1 aliphatic rings. The van der Waals surface area contributed by atoms with E-state index in [1.807, 2.05) is 6.07 Å². The highest BCUT2D eigenvalue weighted by Crippen LogP contribution is 2.31. The van der Waals surface area contributed by atoms with Crippen molar-refractivity contribution >= 4 is 45.8 Å². The molecule has 0 aliphatic carbocycles. The zero-order valence-corrected chi connectivity index (χ0v) is 23.0. The number of benzene rings is 2. The highest BCUT2D eigenvalue weighted by molar-refractivity contribution is 14.1. The second-order valence-corrected chi connectivity index (χ2v) is 10.2. The van der Waals surface area contributed by atoms with Crippen LogP contribution in [0.4, 0.5) is 20.2 Å². The van der Waals surface area contributed by atoms with Crippen LogP contribution in [0.15, 0.2) is 48.7 Å². The predicted molar refractivity (Wildman–Crippen MR) is 149 cm³/mol. The quantitative estimate of drug-likeness (QED) is 0.303. The maximum absolute atomic E-state index is 15.4. The van der Waals surface area contributed by atoms with Crippen molar-refractivity contribution in [3.8, 4) is 0 Å². The lowest BCUT2D eigenvalue weighted by Gasteiger charge is -2.30. The third-order valence-electron chi connectivity index (χ3n) is 6.38. The van der Waals surface area contributed by atoms with E-state index in [0.29, 0.717) is 17.9 Å². The van der Waals surface area contributed by atoms with E-state index in [9.17, 15) is 14.7 Å². The first-order valence-corrected chi connectivity index (χ1v) is 13.2. The summed E-state index contributed by atoms with van der Waals surface area (Å²) in [7, 11) is 0. The summed E-state index contributed by atoms with van der Waals surface area (Å²) in [4.78, 5) is 33.5. The van der Waals surface area contributed by atoms with Crippen molar-refractivity contribution in [2.75, 3.05) is 44.6 Å². The molecule has 0 bridgehead atoms. The van der Waals surface area contributed by atoms with Crippen LogP contribution >= 0.6 is 22.6 Å². The van der Waals surface area contributed by atoms with Gasteiger partial charge in [-0.2, -0.15) is 0 Å². The predicted octanol–water partition coefficient (Wildman–Crippen LogP) is 4.26. The number of carboxylic acids is 1. The fourth-order valence-electron chi connectivity index (χ4n) is 4.28. The third kappa shape index (κ3) is 6.63. The van der Waals surface area contributed by atoms with E-state index in [1.54, 1.807) is 43.5 Å². The van der Waals surface area contributed by atoms with Gasteiger partial charge in [0.25, 0.3) is 5.91 Å². The van der Waals surface area contributed by atoms with E-state index in [1.165, 1.54) is 4.90 Å². The molecule has 3 aromatic rings. The third-order valence-corrected chi connectivity index (χ3v) is 7.05. The van der Waals surface area contributed by atoms with E-state index in [4.69, 9.17) is 0 Å². The number of piperazine rings is 1. The van der Waals surface area contributed by atoms with Crippen molar-refractivity contribution in [2.24, 2.45) is 0 Å². The van der Waals surface area contributed by atoms with Crippen LogP contribution in [0.5, 0.6) is 0 Å².